The van der Waals surface area contributed by atoms with E-state index in [1.807, 2.05) is 12.1 Å². The monoisotopic (exact) mass is 310 g/mol. The summed E-state index contributed by atoms with van der Waals surface area (Å²) >= 11 is 0. The molecule has 2 rings (SSSR count). The van der Waals surface area contributed by atoms with E-state index in [4.69, 9.17) is 4.74 Å². The van der Waals surface area contributed by atoms with E-state index in [1.54, 1.807) is 7.11 Å². The van der Waals surface area contributed by atoms with Gasteiger partial charge in [0.05, 0.1) is 7.11 Å². The van der Waals surface area contributed by atoms with Gasteiger partial charge in [0.25, 0.3) is 0 Å². The molecule has 0 bridgehead atoms. The summed E-state index contributed by atoms with van der Waals surface area (Å²) < 4.78 is 5.23. The van der Waals surface area contributed by atoms with Crippen LogP contribution < -0.4 is 4.74 Å². The number of rotatable bonds is 7. The number of aryl methyl sites for hydroxylation is 1. The fourth-order valence-corrected chi connectivity index (χ4v) is 2.98. The van der Waals surface area contributed by atoms with Gasteiger partial charge in [-0.05, 0) is 59.4 Å². The van der Waals surface area contributed by atoms with Crippen LogP contribution in [0.5, 0.6) is 5.75 Å². The summed E-state index contributed by atoms with van der Waals surface area (Å²) in [6.07, 6.45) is 3.39. The molecule has 0 saturated carbocycles. The van der Waals surface area contributed by atoms with Crippen molar-refractivity contribution in [2.45, 2.75) is 52.4 Å². The van der Waals surface area contributed by atoms with E-state index in [-0.39, 0.29) is 5.41 Å². The molecule has 1 heteroatoms. The van der Waals surface area contributed by atoms with Crippen LogP contribution in [0.15, 0.2) is 48.5 Å². The maximum absolute atomic E-state index is 5.23. The lowest BCUT2D eigenvalue weighted by Gasteiger charge is -2.26. The van der Waals surface area contributed by atoms with Gasteiger partial charge in [0, 0.05) is 0 Å². The van der Waals surface area contributed by atoms with E-state index in [0.29, 0.717) is 5.92 Å². The van der Waals surface area contributed by atoms with Gasteiger partial charge in [-0.3, -0.25) is 0 Å². The first-order valence-corrected chi connectivity index (χ1v) is 8.63. The molecule has 0 radical (unpaired) electrons. The van der Waals surface area contributed by atoms with Gasteiger partial charge in [-0.25, -0.2) is 0 Å². The highest BCUT2D eigenvalue weighted by Crippen LogP contribution is 2.30. The first-order chi connectivity index (χ1) is 10.9. The summed E-state index contributed by atoms with van der Waals surface area (Å²) in [6.45, 7) is 9.26. The van der Waals surface area contributed by atoms with Crippen LogP contribution in [0.2, 0.25) is 0 Å². The molecule has 23 heavy (non-hydrogen) atoms. The van der Waals surface area contributed by atoms with Crippen LogP contribution in [0.1, 0.15) is 50.8 Å². The zero-order valence-corrected chi connectivity index (χ0v) is 15.2. The smallest absolute Gasteiger partial charge is 0.118 e. The third-order valence-corrected chi connectivity index (χ3v) is 4.55. The van der Waals surface area contributed by atoms with Gasteiger partial charge in [0.2, 0.25) is 0 Å². The highest BCUT2D eigenvalue weighted by atomic mass is 16.5. The fraction of sp³-hybridized carbons (Fsp3) is 0.455. The maximum Gasteiger partial charge on any atom is 0.118 e. The molecule has 0 aliphatic heterocycles. The molecule has 2 aromatic rings. The van der Waals surface area contributed by atoms with Crippen molar-refractivity contribution in [1.82, 2.24) is 0 Å². The van der Waals surface area contributed by atoms with Gasteiger partial charge in [0.15, 0.2) is 0 Å². The molecule has 124 valence electrons. The molecule has 0 aromatic heterocycles. The third kappa shape index (κ3) is 5.13. The quantitative estimate of drug-likeness (QED) is 0.627. The van der Waals surface area contributed by atoms with Gasteiger partial charge < -0.3 is 4.74 Å². The van der Waals surface area contributed by atoms with Crippen LogP contribution in [-0.4, -0.2) is 7.11 Å². The summed E-state index contributed by atoms with van der Waals surface area (Å²) in [4.78, 5) is 0. The third-order valence-electron chi connectivity index (χ3n) is 4.55. The first-order valence-electron chi connectivity index (χ1n) is 8.63. The molecule has 0 heterocycles. The van der Waals surface area contributed by atoms with Crippen molar-refractivity contribution in [1.29, 1.82) is 0 Å². The minimum absolute atomic E-state index is 0.187. The maximum atomic E-state index is 5.23. The van der Waals surface area contributed by atoms with Crippen LogP contribution in [0.25, 0.3) is 0 Å². The van der Waals surface area contributed by atoms with Crippen molar-refractivity contribution in [2.75, 3.05) is 7.11 Å². The van der Waals surface area contributed by atoms with Crippen molar-refractivity contribution >= 4 is 0 Å². The van der Waals surface area contributed by atoms with Gasteiger partial charge in [-0.15, -0.1) is 0 Å². The predicted molar refractivity (Wildman–Crippen MR) is 99.3 cm³/mol. The average molecular weight is 310 g/mol. The zero-order valence-electron chi connectivity index (χ0n) is 15.2. The predicted octanol–water partition coefficient (Wildman–Crippen LogP) is 5.80. The Morgan fingerprint density at radius 2 is 1.65 bits per heavy atom. The molecule has 0 fully saturated rings. The molecule has 0 saturated heterocycles. The molecule has 0 unspecified atom stereocenters. The second kappa shape index (κ2) is 7.68. The van der Waals surface area contributed by atoms with Crippen molar-refractivity contribution in [3.05, 3.63) is 65.2 Å². The van der Waals surface area contributed by atoms with E-state index < -0.39 is 0 Å². The second-order valence-corrected chi connectivity index (χ2v) is 7.53. The summed E-state index contributed by atoms with van der Waals surface area (Å²) in [7, 11) is 1.71. The Morgan fingerprint density at radius 3 is 2.26 bits per heavy atom. The van der Waals surface area contributed by atoms with Crippen LogP contribution in [0.3, 0.4) is 0 Å². The molecule has 2 aromatic carbocycles. The Bertz CT molecular complexity index is 608. The summed E-state index contributed by atoms with van der Waals surface area (Å²) in [5, 5.41) is 0. The Labute approximate surface area is 141 Å². The molecule has 1 nitrogen and oxygen atoms in total. The van der Waals surface area contributed by atoms with Gasteiger partial charge in [-0.1, -0.05) is 64.1 Å². The van der Waals surface area contributed by atoms with Gasteiger partial charge >= 0.3 is 0 Å². The number of methoxy groups -OCH3 is 1. The van der Waals surface area contributed by atoms with E-state index in [2.05, 4.69) is 64.1 Å². The van der Waals surface area contributed by atoms with E-state index in [1.165, 1.54) is 16.7 Å². The molecular weight excluding hydrogens is 280 g/mol. The number of hydrogen-bond acceptors (Lipinski definition) is 1. The van der Waals surface area contributed by atoms with Gasteiger partial charge in [-0.2, -0.15) is 0 Å². The summed E-state index contributed by atoms with van der Waals surface area (Å²) in [6, 6.07) is 17.6. The number of hydrogen-bond donors (Lipinski definition) is 0. The number of benzene rings is 2. The molecule has 0 aliphatic carbocycles. The minimum Gasteiger partial charge on any atom is -0.497 e. The van der Waals surface area contributed by atoms with Crippen LogP contribution >= 0.6 is 0 Å². The molecule has 0 atom stereocenters. The van der Waals surface area contributed by atoms with Crippen molar-refractivity contribution in [3.63, 3.8) is 0 Å². The van der Waals surface area contributed by atoms with Crippen molar-refractivity contribution in [3.8, 4) is 5.75 Å². The van der Waals surface area contributed by atoms with Crippen molar-refractivity contribution < 1.29 is 4.74 Å². The zero-order chi connectivity index (χ0) is 16.9. The Morgan fingerprint density at radius 1 is 0.957 bits per heavy atom. The van der Waals surface area contributed by atoms with Crippen LogP contribution in [-0.2, 0) is 18.3 Å². The molecule has 0 aliphatic rings. The highest BCUT2D eigenvalue weighted by molar-refractivity contribution is 5.31. The first kappa shape index (κ1) is 17.6. The lowest BCUT2D eigenvalue weighted by molar-refractivity contribution is 0.414. The molecular formula is C22H30O. The van der Waals surface area contributed by atoms with E-state index in [0.717, 1.165) is 25.0 Å². The van der Waals surface area contributed by atoms with Crippen molar-refractivity contribution in [2.24, 2.45) is 5.92 Å². The Balaban J connectivity index is 2.05. The SMILES string of the molecule is COc1ccc(CCC(C)(C)c2cccc(CC(C)C)c2)cc1. The molecule has 0 N–H and O–H groups in total. The van der Waals surface area contributed by atoms with Crippen LogP contribution in [0.4, 0.5) is 0 Å². The molecule has 0 spiro atoms. The Hall–Kier alpha value is -1.76. The fourth-order valence-electron chi connectivity index (χ4n) is 2.98. The largest absolute Gasteiger partial charge is 0.497 e. The van der Waals surface area contributed by atoms with Gasteiger partial charge in [0.1, 0.15) is 5.75 Å². The normalized spacial score (nSPS) is 11.7. The number of ether oxygens (including phenoxy) is 1. The second-order valence-electron chi connectivity index (χ2n) is 7.53. The highest BCUT2D eigenvalue weighted by Gasteiger charge is 2.20. The van der Waals surface area contributed by atoms with E-state index >= 15 is 0 Å². The average Bonchev–Trinajstić information content (AvgIpc) is 2.53. The molecule has 0 amide bonds. The topological polar surface area (TPSA) is 9.23 Å². The van der Waals surface area contributed by atoms with Crippen LogP contribution in [0, 0.1) is 5.92 Å². The van der Waals surface area contributed by atoms with E-state index in [9.17, 15) is 0 Å². The lowest BCUT2D eigenvalue weighted by Crippen LogP contribution is -2.18. The summed E-state index contributed by atoms with van der Waals surface area (Å²) in [5.74, 6) is 1.63. The Kier molecular flexibility index (Phi) is 5.87. The standard InChI is InChI=1S/C22H30O/c1-17(2)15-19-7-6-8-20(16-19)22(3,4)14-13-18-9-11-21(23-5)12-10-18/h6-12,16-17H,13-15H2,1-5H3. The minimum atomic E-state index is 0.187. The summed E-state index contributed by atoms with van der Waals surface area (Å²) in [5.41, 5.74) is 4.46. The lowest BCUT2D eigenvalue weighted by atomic mass is 9.79.